The number of hydrogen-bond acceptors (Lipinski definition) is 5. The summed E-state index contributed by atoms with van der Waals surface area (Å²) in [6.07, 6.45) is 56.8. The lowest BCUT2D eigenvalue weighted by Crippen LogP contribution is -2.24. The van der Waals surface area contributed by atoms with E-state index in [1.54, 1.807) is 12.2 Å². The summed E-state index contributed by atoms with van der Waals surface area (Å²) in [6, 6.07) is 18.7. The molecule has 0 spiro atoms. The van der Waals surface area contributed by atoms with Crippen molar-refractivity contribution in [3.05, 3.63) is 278 Å². The summed E-state index contributed by atoms with van der Waals surface area (Å²) in [5.74, 6) is 1.08. The Labute approximate surface area is 395 Å². The number of furan rings is 2. The van der Waals surface area contributed by atoms with E-state index in [1.165, 1.54) is 5.57 Å². The second-order valence-corrected chi connectivity index (χ2v) is 15.1. The predicted molar refractivity (Wildman–Crippen MR) is 290 cm³/mol. The van der Waals surface area contributed by atoms with Crippen LogP contribution in [0.25, 0.3) is 56.2 Å². The van der Waals surface area contributed by atoms with E-state index in [0.29, 0.717) is 22.7 Å². The molecule has 5 N–H and O–H groups in total. The van der Waals surface area contributed by atoms with E-state index < -0.39 is 6.17 Å². The van der Waals surface area contributed by atoms with Gasteiger partial charge >= 0.3 is 0 Å². The van der Waals surface area contributed by atoms with Gasteiger partial charge < -0.3 is 25.6 Å². The molecule has 2 heterocycles. The monoisotopic (exact) mass is 878 g/mol. The molecular formula is C61H58N4O2. The molecule has 0 bridgehead atoms. The fourth-order valence-corrected chi connectivity index (χ4v) is 7.28. The lowest BCUT2D eigenvalue weighted by atomic mass is 9.99. The summed E-state index contributed by atoms with van der Waals surface area (Å²) in [5.41, 5.74) is 22.9. The number of nitrogens with one attached hydrogen (secondary N) is 1. The molecule has 1 aliphatic rings. The first-order chi connectivity index (χ1) is 32.9. The van der Waals surface area contributed by atoms with Gasteiger partial charge in [-0.2, -0.15) is 0 Å². The average molecular weight is 879 g/mol. The van der Waals surface area contributed by atoms with Crippen LogP contribution in [0.3, 0.4) is 0 Å². The van der Waals surface area contributed by atoms with Crippen LogP contribution in [0.4, 0.5) is 0 Å². The van der Waals surface area contributed by atoms with Gasteiger partial charge in [-0.25, -0.2) is 4.99 Å². The van der Waals surface area contributed by atoms with Gasteiger partial charge in [0.05, 0.1) is 5.70 Å². The van der Waals surface area contributed by atoms with E-state index in [-0.39, 0.29) is 0 Å². The number of fused-ring (bicyclic) bond motifs is 7. The van der Waals surface area contributed by atoms with Gasteiger partial charge in [-0.05, 0) is 103 Å². The lowest BCUT2D eigenvalue weighted by Gasteiger charge is -2.13. The Morgan fingerprint density at radius 2 is 1.43 bits per heavy atom. The zero-order chi connectivity index (χ0) is 47.2. The minimum atomic E-state index is -0.391. The molecule has 6 nitrogen and oxygen atoms in total. The van der Waals surface area contributed by atoms with Crippen molar-refractivity contribution in [2.75, 3.05) is 0 Å². The molecule has 6 rings (SSSR count). The second kappa shape index (κ2) is 25.1. The van der Waals surface area contributed by atoms with Crippen molar-refractivity contribution in [3.8, 4) is 11.1 Å². The lowest BCUT2D eigenvalue weighted by molar-refractivity contribution is 0.590. The van der Waals surface area contributed by atoms with Crippen LogP contribution in [0.1, 0.15) is 43.3 Å². The molecule has 6 heteroatoms. The third kappa shape index (κ3) is 13.1. The second-order valence-electron chi connectivity index (χ2n) is 15.1. The van der Waals surface area contributed by atoms with Crippen molar-refractivity contribution in [1.82, 2.24) is 5.32 Å². The number of benzene rings is 3. The third-order valence-corrected chi connectivity index (χ3v) is 10.4. The largest absolute Gasteiger partial charge is 0.452 e. The van der Waals surface area contributed by atoms with Gasteiger partial charge in [0.2, 0.25) is 0 Å². The van der Waals surface area contributed by atoms with Crippen LogP contribution < -0.4 is 16.8 Å². The van der Waals surface area contributed by atoms with Crippen LogP contribution in [-0.4, -0.2) is 5.84 Å². The highest BCUT2D eigenvalue weighted by Gasteiger charge is 2.18. The Kier molecular flexibility index (Phi) is 18.0. The molecule has 0 saturated carbocycles. The van der Waals surface area contributed by atoms with Gasteiger partial charge in [-0.1, -0.05) is 196 Å². The predicted octanol–water partition coefficient (Wildman–Crippen LogP) is 15.6. The number of nitrogens with two attached hydrogens (primary N) is 2. The molecule has 1 atom stereocenters. The Morgan fingerprint density at radius 1 is 0.687 bits per heavy atom. The zero-order valence-electron chi connectivity index (χ0n) is 38.3. The van der Waals surface area contributed by atoms with Crippen LogP contribution in [0, 0.1) is 0 Å². The SMILES string of the molecule is C=C\C=C/C=C(\N=C(N)\C1=C\C=C/C=C\c2oc3c(ccc4c5cc(-c6cccc(C(N)N\C=C/C=C\C=C\C=C\CC(/C=C\C)=C/C=C)c6)ccc5oc43)c2/C=C/C=C/1)C(/C=C\C)=C/C=C. The molecule has 1 aliphatic carbocycles. The number of nitrogens with zero attached hydrogens (tertiary/aromatic N) is 1. The number of allylic oxidation sites excluding steroid dienone is 26. The first kappa shape index (κ1) is 48.0. The van der Waals surface area contributed by atoms with Gasteiger partial charge in [-0.3, -0.25) is 0 Å². The smallest absolute Gasteiger partial charge is 0.178 e. The number of amidine groups is 1. The summed E-state index contributed by atoms with van der Waals surface area (Å²) < 4.78 is 13.1. The topological polar surface area (TPSA) is 103 Å². The minimum Gasteiger partial charge on any atom is -0.452 e. The average Bonchev–Trinajstić information content (AvgIpc) is 3.89. The van der Waals surface area contributed by atoms with E-state index in [4.69, 9.17) is 25.3 Å². The van der Waals surface area contributed by atoms with Crippen LogP contribution in [0.15, 0.2) is 275 Å². The molecule has 0 aliphatic heterocycles. The fourth-order valence-electron chi connectivity index (χ4n) is 7.28. The van der Waals surface area contributed by atoms with Gasteiger partial charge in [-0.15, -0.1) is 0 Å². The Hall–Kier alpha value is -8.45. The van der Waals surface area contributed by atoms with Crippen molar-refractivity contribution >= 4 is 50.9 Å². The van der Waals surface area contributed by atoms with E-state index in [9.17, 15) is 0 Å². The standard InChI is InChI=1S/C61H58N4O2/c1-6-11-18-36-55(46(28-9-4)29-10-5)65-61(63)47-31-20-17-21-37-56-51(35-23-22-32-47)52-39-40-53-54-44-49(38-41-57(54)67-59(53)58(52)66-56)48-33-25-34-50(43-48)60(62)64-42-24-16-14-12-13-15-19-30-45(26-7-2)27-8-3/h6-29,31-44,60,64H,1-2,4,30,62H2,3,5H3,(H2,63,65)/b13-12+,16-14-,18-11-,19-15+,20-17-,21-17?,23-22?,27-8-,29-10-,31-20?,32-22+,35-23+,37-21-,42-24-,45-26+,46-28+,47-31+,47-32?,51-35?,55-36-,56-37?. The van der Waals surface area contributed by atoms with Crippen molar-refractivity contribution in [2.24, 2.45) is 16.5 Å². The molecule has 1 unspecified atom stereocenters. The van der Waals surface area contributed by atoms with E-state index in [0.717, 1.165) is 67.3 Å². The molecule has 0 radical (unpaired) electrons. The number of hydrogen-bond donors (Lipinski definition) is 3. The van der Waals surface area contributed by atoms with Crippen molar-refractivity contribution < 1.29 is 8.83 Å². The number of aliphatic imine (C=N–C) groups is 1. The molecule has 0 saturated heterocycles. The van der Waals surface area contributed by atoms with Crippen LogP contribution in [-0.2, 0) is 0 Å². The Balaban J connectivity index is 1.19. The van der Waals surface area contributed by atoms with E-state index in [1.807, 2.05) is 184 Å². The van der Waals surface area contributed by atoms with Crippen molar-refractivity contribution in [1.29, 1.82) is 0 Å². The molecule has 334 valence electrons. The van der Waals surface area contributed by atoms with Crippen LogP contribution in [0.2, 0.25) is 0 Å². The zero-order valence-corrected chi connectivity index (χ0v) is 38.3. The summed E-state index contributed by atoms with van der Waals surface area (Å²) in [7, 11) is 0. The highest BCUT2D eigenvalue weighted by Crippen LogP contribution is 2.40. The maximum absolute atomic E-state index is 6.65. The summed E-state index contributed by atoms with van der Waals surface area (Å²) in [4.78, 5) is 4.82. The molecule has 0 fully saturated rings. The van der Waals surface area contributed by atoms with Gasteiger partial charge in [0.1, 0.15) is 23.3 Å². The highest BCUT2D eigenvalue weighted by atomic mass is 16.4. The van der Waals surface area contributed by atoms with Gasteiger partial charge in [0.15, 0.2) is 11.2 Å². The van der Waals surface area contributed by atoms with Crippen molar-refractivity contribution in [2.45, 2.75) is 26.4 Å². The maximum atomic E-state index is 6.65. The molecular weight excluding hydrogens is 821 g/mol. The first-order valence-corrected chi connectivity index (χ1v) is 22.2. The molecule has 67 heavy (non-hydrogen) atoms. The Bertz CT molecular complexity index is 3110. The minimum absolute atomic E-state index is 0.361. The van der Waals surface area contributed by atoms with Crippen LogP contribution >= 0.6 is 0 Å². The fraction of sp³-hybridized carbons (Fsp3) is 0.0656. The summed E-state index contributed by atoms with van der Waals surface area (Å²) in [5, 5.41) is 6.19. The highest BCUT2D eigenvalue weighted by molar-refractivity contribution is 6.15. The molecule has 5 aromatic rings. The first-order valence-electron chi connectivity index (χ1n) is 22.2. The van der Waals surface area contributed by atoms with Gasteiger partial charge in [0, 0.05) is 27.3 Å². The van der Waals surface area contributed by atoms with E-state index >= 15 is 0 Å². The molecule has 0 amide bonds. The number of rotatable bonds is 18. The maximum Gasteiger partial charge on any atom is 0.178 e. The molecule has 3 aromatic carbocycles. The Morgan fingerprint density at radius 3 is 2.24 bits per heavy atom. The normalized spacial score (nSPS) is 17.8. The summed E-state index contributed by atoms with van der Waals surface area (Å²) >= 11 is 0. The summed E-state index contributed by atoms with van der Waals surface area (Å²) in [6.45, 7) is 15.4. The van der Waals surface area contributed by atoms with Gasteiger partial charge in [0.25, 0.3) is 0 Å². The van der Waals surface area contributed by atoms with Crippen molar-refractivity contribution in [3.63, 3.8) is 0 Å². The van der Waals surface area contributed by atoms with Crippen LogP contribution in [0.5, 0.6) is 0 Å². The van der Waals surface area contributed by atoms with E-state index in [2.05, 4.69) is 73.6 Å². The quantitative estimate of drug-likeness (QED) is 0.0352. The third-order valence-electron chi connectivity index (χ3n) is 10.4. The molecule has 2 aromatic heterocycles.